The van der Waals surface area contributed by atoms with Crippen LogP contribution in [0.4, 0.5) is 0 Å². The third kappa shape index (κ3) is 4.55. The number of hydrogen-bond donors (Lipinski definition) is 0. The van der Waals surface area contributed by atoms with E-state index >= 15 is 0 Å². The minimum absolute atomic E-state index is 0.109. The number of rotatable bonds is 10. The van der Waals surface area contributed by atoms with Crippen molar-refractivity contribution in [2.45, 2.75) is 52.6 Å². The van der Waals surface area contributed by atoms with Gasteiger partial charge in [-0.05, 0) is 40.5 Å². The largest absolute Gasteiger partial charge is 0.329 e. The lowest BCUT2D eigenvalue weighted by molar-refractivity contribution is 0.111. The lowest BCUT2D eigenvalue weighted by Gasteiger charge is -2.11. The van der Waals surface area contributed by atoms with Crippen molar-refractivity contribution >= 4 is 6.29 Å². The summed E-state index contributed by atoms with van der Waals surface area (Å²) in [5, 5.41) is 11.5. The van der Waals surface area contributed by atoms with Crippen LogP contribution in [0.25, 0.3) is 16.8 Å². The van der Waals surface area contributed by atoms with E-state index in [1.165, 1.54) is 0 Å². The van der Waals surface area contributed by atoms with Crippen LogP contribution in [-0.4, -0.2) is 35.6 Å². The van der Waals surface area contributed by atoms with Crippen LogP contribution in [0.1, 0.15) is 54.9 Å². The summed E-state index contributed by atoms with van der Waals surface area (Å²) in [5.41, 5.74) is 5.16. The zero-order chi connectivity index (χ0) is 23.2. The van der Waals surface area contributed by atoms with Gasteiger partial charge in [0.2, 0.25) is 0 Å². The van der Waals surface area contributed by atoms with E-state index in [4.69, 9.17) is 0 Å². The van der Waals surface area contributed by atoms with Crippen LogP contribution in [0.2, 0.25) is 0 Å². The van der Waals surface area contributed by atoms with Gasteiger partial charge < -0.3 is 0 Å². The summed E-state index contributed by atoms with van der Waals surface area (Å²) in [5.74, 6) is 0. The molecule has 2 aromatic carbocycles. The van der Waals surface area contributed by atoms with E-state index in [1.807, 2.05) is 48.5 Å². The number of benzene rings is 2. The van der Waals surface area contributed by atoms with Crippen LogP contribution in [0.15, 0.2) is 59.7 Å². The molecule has 8 nitrogen and oxygen atoms in total. The molecule has 0 aliphatic heterocycles. The highest BCUT2D eigenvalue weighted by molar-refractivity contribution is 5.74. The molecule has 0 saturated carbocycles. The minimum atomic E-state index is -0.109. The number of carbonyl (C=O) groups is 1. The Labute approximate surface area is 192 Å². The Balaban J connectivity index is 1.67. The monoisotopic (exact) mass is 444 g/mol. The molecule has 0 saturated heterocycles. The Bertz CT molecular complexity index is 1270. The predicted octanol–water partition coefficient (Wildman–Crippen LogP) is 3.91. The lowest BCUT2D eigenvalue weighted by atomic mass is 10.0. The van der Waals surface area contributed by atoms with Crippen molar-refractivity contribution in [2.24, 2.45) is 0 Å². The number of imidazole rings is 1. The van der Waals surface area contributed by atoms with Gasteiger partial charge in [0, 0.05) is 12.1 Å². The molecule has 8 heteroatoms. The molecule has 2 aromatic heterocycles. The van der Waals surface area contributed by atoms with E-state index in [0.717, 1.165) is 53.6 Å². The standard InChI is InChI=1S/C25H28N6O2/c1-3-5-15-29-24(17-32)23(8-4-2)30(25(29)33)16-19-11-13-20(14-12-19)21-9-6-7-10-22(21)31-18-26-27-28-31/h6-7,9-14,17-18H,3-5,8,15-16H2,1-2H3. The summed E-state index contributed by atoms with van der Waals surface area (Å²) in [6, 6.07) is 16.1. The molecular weight excluding hydrogens is 416 g/mol. The molecule has 0 spiro atoms. The summed E-state index contributed by atoms with van der Waals surface area (Å²) < 4.78 is 5.03. The minimum Gasteiger partial charge on any atom is -0.296 e. The second-order valence-electron chi connectivity index (χ2n) is 8.04. The van der Waals surface area contributed by atoms with Crippen molar-refractivity contribution in [3.8, 4) is 16.8 Å². The molecule has 33 heavy (non-hydrogen) atoms. The van der Waals surface area contributed by atoms with Crippen LogP contribution in [0, 0.1) is 0 Å². The quantitative estimate of drug-likeness (QED) is 0.346. The van der Waals surface area contributed by atoms with Gasteiger partial charge in [-0.3, -0.25) is 13.9 Å². The maximum Gasteiger partial charge on any atom is 0.329 e. The van der Waals surface area contributed by atoms with Crippen molar-refractivity contribution in [2.75, 3.05) is 0 Å². The molecule has 2 heterocycles. The predicted molar refractivity (Wildman–Crippen MR) is 127 cm³/mol. The van der Waals surface area contributed by atoms with E-state index in [2.05, 4.69) is 29.4 Å². The van der Waals surface area contributed by atoms with E-state index < -0.39 is 0 Å². The number of aldehydes is 1. The van der Waals surface area contributed by atoms with Crippen molar-refractivity contribution in [3.05, 3.63) is 82.3 Å². The topological polar surface area (TPSA) is 87.6 Å². The molecule has 0 aliphatic rings. The second kappa shape index (κ2) is 10.2. The van der Waals surface area contributed by atoms with Gasteiger partial charge in [0.15, 0.2) is 6.29 Å². The van der Waals surface area contributed by atoms with Gasteiger partial charge in [-0.2, -0.15) is 4.68 Å². The fraction of sp³-hybridized carbons (Fsp3) is 0.320. The first kappa shape index (κ1) is 22.4. The molecular formula is C25H28N6O2. The molecule has 0 fully saturated rings. The maximum absolute atomic E-state index is 13.2. The highest BCUT2D eigenvalue weighted by atomic mass is 16.2. The average Bonchev–Trinajstić information content (AvgIpc) is 3.46. The van der Waals surface area contributed by atoms with Gasteiger partial charge in [-0.15, -0.1) is 5.10 Å². The number of para-hydroxylation sites is 1. The summed E-state index contributed by atoms with van der Waals surface area (Å²) in [4.78, 5) is 25.0. The lowest BCUT2D eigenvalue weighted by Crippen LogP contribution is -2.26. The molecule has 4 rings (SSSR count). The normalized spacial score (nSPS) is 11.1. The van der Waals surface area contributed by atoms with Gasteiger partial charge in [0.1, 0.15) is 12.0 Å². The van der Waals surface area contributed by atoms with Crippen molar-refractivity contribution < 1.29 is 4.79 Å². The molecule has 4 aromatic rings. The molecule has 0 unspecified atom stereocenters. The summed E-state index contributed by atoms with van der Waals surface area (Å²) in [7, 11) is 0. The molecule has 0 amide bonds. The molecule has 0 aliphatic carbocycles. The number of nitrogens with zero attached hydrogens (tertiary/aromatic N) is 6. The van der Waals surface area contributed by atoms with Crippen LogP contribution in [-0.2, 0) is 19.5 Å². The van der Waals surface area contributed by atoms with Gasteiger partial charge in [-0.25, -0.2) is 4.79 Å². The fourth-order valence-electron chi connectivity index (χ4n) is 4.15. The van der Waals surface area contributed by atoms with Crippen LogP contribution in [0.5, 0.6) is 0 Å². The van der Waals surface area contributed by atoms with Crippen LogP contribution in [0.3, 0.4) is 0 Å². The van der Waals surface area contributed by atoms with Crippen LogP contribution < -0.4 is 5.69 Å². The van der Waals surface area contributed by atoms with E-state index in [1.54, 1.807) is 20.1 Å². The number of hydrogen-bond acceptors (Lipinski definition) is 5. The summed E-state index contributed by atoms with van der Waals surface area (Å²) >= 11 is 0. The molecule has 170 valence electrons. The van der Waals surface area contributed by atoms with Gasteiger partial charge >= 0.3 is 5.69 Å². The van der Waals surface area contributed by atoms with Crippen LogP contribution >= 0.6 is 0 Å². The first-order valence-electron chi connectivity index (χ1n) is 11.4. The van der Waals surface area contributed by atoms with Gasteiger partial charge in [0.25, 0.3) is 0 Å². The Morgan fingerprint density at radius 3 is 2.42 bits per heavy atom. The van der Waals surface area contributed by atoms with E-state index in [-0.39, 0.29) is 5.69 Å². The maximum atomic E-state index is 13.2. The molecule has 0 atom stereocenters. The third-order valence-corrected chi connectivity index (χ3v) is 5.81. The number of unbranched alkanes of at least 4 members (excludes halogenated alkanes) is 1. The Morgan fingerprint density at radius 1 is 0.970 bits per heavy atom. The van der Waals surface area contributed by atoms with Gasteiger partial charge in [0.05, 0.1) is 17.9 Å². The summed E-state index contributed by atoms with van der Waals surface area (Å²) in [6.07, 6.45) is 5.80. The highest BCUT2D eigenvalue weighted by Crippen LogP contribution is 2.26. The van der Waals surface area contributed by atoms with E-state index in [0.29, 0.717) is 25.2 Å². The van der Waals surface area contributed by atoms with Crippen molar-refractivity contribution in [1.82, 2.24) is 29.3 Å². The molecule has 0 N–H and O–H groups in total. The van der Waals surface area contributed by atoms with E-state index in [9.17, 15) is 9.59 Å². The number of aromatic nitrogens is 6. The Kier molecular flexibility index (Phi) is 6.92. The average molecular weight is 445 g/mol. The Morgan fingerprint density at radius 2 is 1.76 bits per heavy atom. The third-order valence-electron chi connectivity index (χ3n) is 5.81. The highest BCUT2D eigenvalue weighted by Gasteiger charge is 2.19. The van der Waals surface area contributed by atoms with Crippen molar-refractivity contribution in [3.63, 3.8) is 0 Å². The van der Waals surface area contributed by atoms with Crippen molar-refractivity contribution in [1.29, 1.82) is 0 Å². The molecule has 0 bridgehead atoms. The first-order chi connectivity index (χ1) is 16.2. The zero-order valence-corrected chi connectivity index (χ0v) is 19.0. The first-order valence-corrected chi connectivity index (χ1v) is 11.4. The summed E-state index contributed by atoms with van der Waals surface area (Å²) in [6.45, 7) is 5.14. The zero-order valence-electron chi connectivity index (χ0n) is 19.0. The fourth-order valence-corrected chi connectivity index (χ4v) is 4.15. The SMILES string of the molecule is CCCCn1c(C=O)c(CCC)n(Cc2ccc(-c3ccccc3-n3cnnn3)cc2)c1=O. The Hall–Kier alpha value is -3.81. The van der Waals surface area contributed by atoms with Gasteiger partial charge in [-0.1, -0.05) is 69.2 Å². The number of tetrazole rings is 1. The molecule has 0 radical (unpaired) electrons. The smallest absolute Gasteiger partial charge is 0.296 e. The second-order valence-corrected chi connectivity index (χ2v) is 8.04. The number of carbonyl (C=O) groups excluding carboxylic acids is 1.